The summed E-state index contributed by atoms with van der Waals surface area (Å²) < 4.78 is 0. The van der Waals surface area contributed by atoms with Gasteiger partial charge in [-0.3, -0.25) is 0 Å². The minimum atomic E-state index is -0.756. The molecule has 16 aromatic rings. The second kappa shape index (κ2) is 18.2. The Labute approximate surface area is 454 Å². The van der Waals surface area contributed by atoms with Gasteiger partial charge in [0.2, 0.25) is 0 Å². The zero-order chi connectivity index (χ0) is 51.3. The van der Waals surface area contributed by atoms with Crippen molar-refractivity contribution in [2.24, 2.45) is 0 Å². The smallest absolute Gasteiger partial charge is 0.00745 e. The fourth-order valence-electron chi connectivity index (χ4n) is 13.3. The van der Waals surface area contributed by atoms with Gasteiger partial charge in [0.1, 0.15) is 0 Å². The van der Waals surface area contributed by atoms with Crippen LogP contribution in [0.5, 0.6) is 0 Å². The van der Waals surface area contributed by atoms with Gasteiger partial charge in [-0.25, -0.2) is 0 Å². The summed E-state index contributed by atoms with van der Waals surface area (Å²) in [5.74, 6) is 0. The van der Waals surface area contributed by atoms with Crippen molar-refractivity contribution in [2.45, 2.75) is 0 Å². The molecule has 0 nitrogen and oxygen atoms in total. The largest absolute Gasteiger partial charge is 0.0772 e. The van der Waals surface area contributed by atoms with E-state index in [0.29, 0.717) is 0 Å². The van der Waals surface area contributed by atoms with Gasteiger partial charge in [-0.2, -0.15) is 0 Å². The molecule has 14 aromatic carbocycles. The summed E-state index contributed by atoms with van der Waals surface area (Å²) in [5, 5.41) is 23.8. The van der Waals surface area contributed by atoms with E-state index in [-0.39, 0.29) is 0 Å². The molecule has 2 aromatic heterocycles. The molecule has 0 aliphatic heterocycles. The van der Waals surface area contributed by atoms with E-state index in [1.807, 2.05) is 0 Å². The van der Waals surface area contributed by atoms with Crippen molar-refractivity contribution in [3.8, 4) is 66.2 Å². The van der Waals surface area contributed by atoms with Crippen molar-refractivity contribution in [2.75, 3.05) is 0 Å². The van der Waals surface area contributed by atoms with E-state index in [1.54, 1.807) is 0 Å². The van der Waals surface area contributed by atoms with Crippen LogP contribution in [0.4, 0.5) is 0 Å². The highest BCUT2D eigenvalue weighted by Crippen LogP contribution is 2.60. The summed E-state index contributed by atoms with van der Waals surface area (Å²) in [4.78, 5) is 0. The monoisotopic (exact) mass is 1020 g/mol. The number of rotatable bonds is 7. The molecular formula is C76H48P2. The zero-order valence-electron chi connectivity index (χ0n) is 42.6. The quantitative estimate of drug-likeness (QED) is 0.140. The van der Waals surface area contributed by atoms with Crippen LogP contribution in [-0.4, -0.2) is 0 Å². The van der Waals surface area contributed by atoms with Gasteiger partial charge in [0.25, 0.3) is 0 Å². The highest BCUT2D eigenvalue weighted by atomic mass is 31.1. The van der Waals surface area contributed by atoms with Gasteiger partial charge in [0.15, 0.2) is 0 Å². The van der Waals surface area contributed by atoms with Gasteiger partial charge in [-0.15, -0.1) is 0 Å². The van der Waals surface area contributed by atoms with Gasteiger partial charge in [0, 0.05) is 31.2 Å². The molecule has 16 rings (SSSR count). The molecule has 0 saturated carbocycles. The van der Waals surface area contributed by atoms with Crippen LogP contribution < -0.4 is 0 Å². The molecular weight excluding hydrogens is 975 g/mol. The Kier molecular flexibility index (Phi) is 10.5. The molecule has 0 spiro atoms. The molecule has 0 radical (unpaired) electrons. The van der Waals surface area contributed by atoms with Crippen LogP contribution in [0.1, 0.15) is 0 Å². The Bertz CT molecular complexity index is 4740. The molecule has 2 unspecified atom stereocenters. The first-order valence-corrected chi connectivity index (χ1v) is 29.7. The third kappa shape index (κ3) is 6.88. The van der Waals surface area contributed by atoms with Crippen molar-refractivity contribution in [1.29, 1.82) is 0 Å². The number of benzene rings is 14. The first-order chi connectivity index (χ1) is 38.8. The van der Waals surface area contributed by atoms with Crippen LogP contribution in [0.25, 0.3) is 151 Å². The average Bonchev–Trinajstić information content (AvgIpc) is 4.19. The van der Waals surface area contributed by atoms with E-state index in [2.05, 4.69) is 291 Å². The predicted octanol–water partition coefficient (Wildman–Crippen LogP) is 23.2. The second-order valence-corrected chi connectivity index (χ2v) is 24.9. The van der Waals surface area contributed by atoms with Crippen LogP contribution in [0.3, 0.4) is 0 Å². The van der Waals surface area contributed by atoms with E-state index in [4.69, 9.17) is 0 Å². The SMILES string of the molecule is c1ccc(-c2cccc3c(-c4c5cccc(-c6cccc7c6c6ccccc6p7-c6ccccc6)c5cc5c(-c6cccc7c6c6ccccc6p7-c6ccccc6)cccc45)c4cccc(-c5ccccc5)c4cc23)cc1. The lowest BCUT2D eigenvalue weighted by molar-refractivity contribution is 1.64. The summed E-state index contributed by atoms with van der Waals surface area (Å²) in [7, 11) is -1.51. The van der Waals surface area contributed by atoms with Crippen LogP contribution in [-0.2, 0) is 0 Å². The van der Waals surface area contributed by atoms with E-state index in [1.165, 1.54) is 151 Å². The lowest BCUT2D eigenvalue weighted by Crippen LogP contribution is -1.94. The minimum Gasteiger partial charge on any atom is -0.0772 e. The van der Waals surface area contributed by atoms with E-state index in [9.17, 15) is 0 Å². The lowest BCUT2D eigenvalue weighted by Gasteiger charge is -2.22. The third-order valence-electron chi connectivity index (χ3n) is 16.5. The minimum absolute atomic E-state index is 0.756. The van der Waals surface area contributed by atoms with Crippen molar-refractivity contribution < 1.29 is 0 Å². The summed E-state index contributed by atoms with van der Waals surface area (Å²) in [6.45, 7) is 0. The van der Waals surface area contributed by atoms with Gasteiger partial charge in [-0.05, 0) is 144 Å². The van der Waals surface area contributed by atoms with Crippen molar-refractivity contribution >= 4 is 100 Å². The predicted molar refractivity (Wildman–Crippen MR) is 342 cm³/mol. The van der Waals surface area contributed by atoms with Gasteiger partial charge in [-0.1, -0.05) is 282 Å². The Balaban J connectivity index is 1.09. The lowest BCUT2D eigenvalue weighted by atomic mass is 9.81. The maximum absolute atomic E-state index is 2.57. The zero-order valence-corrected chi connectivity index (χ0v) is 44.4. The third-order valence-corrected chi connectivity index (χ3v) is 21.6. The topological polar surface area (TPSA) is 0 Å². The first kappa shape index (κ1) is 45.0. The molecule has 78 heavy (non-hydrogen) atoms. The van der Waals surface area contributed by atoms with Crippen LogP contribution in [0, 0.1) is 0 Å². The van der Waals surface area contributed by atoms with Gasteiger partial charge < -0.3 is 0 Å². The molecule has 362 valence electrons. The Hall–Kier alpha value is -9.28. The maximum atomic E-state index is 2.57. The molecule has 2 heteroatoms. The summed E-state index contributed by atoms with van der Waals surface area (Å²) >= 11 is 0. The van der Waals surface area contributed by atoms with Crippen molar-refractivity contribution in [3.63, 3.8) is 0 Å². The standard InChI is InChI=1S/C76H48P2/c1-5-23-49(24-6-1)53-33-17-37-59-65(53)47-66-54(50-25-7-2-8-26-50)34-18-38-60(66)75(59)76-61-39-19-35-55(57-41-21-45-71-73(57)63-31-13-15-43-69(63)77(71)51-27-9-3-10-28-51)67(61)48-68-56(36-20-40-62(68)76)58-42-22-46-72-74(58)64-32-14-16-44-70(64)78(72)52-29-11-4-12-30-52/h1-48H. The second-order valence-electron chi connectivity index (χ2n) is 20.6. The Morgan fingerprint density at radius 3 is 0.859 bits per heavy atom. The Morgan fingerprint density at radius 1 is 0.179 bits per heavy atom. The molecule has 2 heterocycles. The fourth-order valence-corrected chi connectivity index (χ4v) is 18.6. The number of hydrogen-bond donors (Lipinski definition) is 0. The summed E-state index contributed by atoms with van der Waals surface area (Å²) in [6, 6.07) is 110. The highest BCUT2D eigenvalue weighted by molar-refractivity contribution is 7.68. The van der Waals surface area contributed by atoms with Crippen molar-refractivity contribution in [3.05, 3.63) is 291 Å². The molecule has 0 amide bonds. The molecule has 0 fully saturated rings. The molecule has 0 bridgehead atoms. The van der Waals surface area contributed by atoms with E-state index >= 15 is 0 Å². The molecule has 2 atom stereocenters. The number of fused-ring (bicyclic) bond motifs is 10. The van der Waals surface area contributed by atoms with Crippen molar-refractivity contribution in [1.82, 2.24) is 0 Å². The van der Waals surface area contributed by atoms with Crippen LogP contribution in [0.2, 0.25) is 0 Å². The Morgan fingerprint density at radius 2 is 0.462 bits per heavy atom. The normalized spacial score (nSPS) is 12.3. The number of hydrogen-bond acceptors (Lipinski definition) is 0. The maximum Gasteiger partial charge on any atom is 0.00745 e. The van der Waals surface area contributed by atoms with E-state index in [0.717, 1.165) is 0 Å². The van der Waals surface area contributed by atoms with Crippen LogP contribution >= 0.6 is 15.1 Å². The molecule has 0 saturated heterocycles. The molecule has 0 aliphatic carbocycles. The fraction of sp³-hybridized carbons (Fsp3) is 0. The first-order valence-electron chi connectivity index (χ1n) is 27.0. The summed E-state index contributed by atoms with van der Waals surface area (Å²) in [5.41, 5.74) is 12.4. The summed E-state index contributed by atoms with van der Waals surface area (Å²) in [6.07, 6.45) is 0. The molecule has 0 aliphatic rings. The average molecular weight is 1020 g/mol. The van der Waals surface area contributed by atoms with E-state index < -0.39 is 15.1 Å². The highest BCUT2D eigenvalue weighted by Gasteiger charge is 2.25. The van der Waals surface area contributed by atoms with Crippen LogP contribution in [0.15, 0.2) is 291 Å². The molecule has 0 N–H and O–H groups in total. The van der Waals surface area contributed by atoms with Gasteiger partial charge >= 0.3 is 0 Å². The van der Waals surface area contributed by atoms with Gasteiger partial charge in [0.05, 0.1) is 0 Å².